The zero-order valence-corrected chi connectivity index (χ0v) is 8.77. The minimum absolute atomic E-state index is 0.0144. The summed E-state index contributed by atoms with van der Waals surface area (Å²) in [5.41, 5.74) is 0. The normalized spacial score (nSPS) is 8.77. The topological polar surface area (TPSA) is 17.1 Å². The fourth-order valence-electron chi connectivity index (χ4n) is 0.537. The third-order valence-corrected chi connectivity index (χ3v) is 1.37. The van der Waals surface area contributed by atoms with E-state index in [9.17, 15) is 4.79 Å². The molecule has 0 saturated heterocycles. The Morgan fingerprint density at radius 3 is 2.23 bits per heavy atom. The van der Waals surface area contributed by atoms with E-state index in [1.54, 1.807) is 0 Å². The SMILES string of the molecule is CC(C)CC#CC#CC(=O)C(C)C. The Morgan fingerprint density at radius 1 is 1.15 bits per heavy atom. The summed E-state index contributed by atoms with van der Waals surface area (Å²) in [6.07, 6.45) is 0.838. The summed E-state index contributed by atoms with van der Waals surface area (Å²) in [5.74, 6) is 11.1. The zero-order chi connectivity index (χ0) is 10.3. The Kier molecular flexibility index (Phi) is 5.73. The molecule has 0 saturated carbocycles. The van der Waals surface area contributed by atoms with Crippen LogP contribution >= 0.6 is 0 Å². The molecule has 0 aromatic rings. The first kappa shape index (κ1) is 11.8. The van der Waals surface area contributed by atoms with E-state index in [0.717, 1.165) is 6.42 Å². The molecule has 0 aromatic heterocycles. The van der Waals surface area contributed by atoms with Gasteiger partial charge in [0.15, 0.2) is 0 Å². The van der Waals surface area contributed by atoms with Crippen LogP contribution in [0.4, 0.5) is 0 Å². The van der Waals surface area contributed by atoms with Gasteiger partial charge in [-0.3, -0.25) is 4.79 Å². The highest BCUT2D eigenvalue weighted by atomic mass is 16.1. The number of hydrogen-bond donors (Lipinski definition) is 0. The predicted octanol–water partition coefficient (Wildman–Crippen LogP) is 2.26. The summed E-state index contributed by atoms with van der Waals surface area (Å²) in [7, 11) is 0. The molecule has 13 heavy (non-hydrogen) atoms. The van der Waals surface area contributed by atoms with Crippen LogP contribution in [-0.4, -0.2) is 5.78 Å². The maximum Gasteiger partial charge on any atom is 0.208 e. The van der Waals surface area contributed by atoms with Crippen molar-refractivity contribution in [2.24, 2.45) is 11.8 Å². The third-order valence-electron chi connectivity index (χ3n) is 1.37. The number of ketones is 1. The second-order valence-corrected chi connectivity index (χ2v) is 3.67. The van der Waals surface area contributed by atoms with Gasteiger partial charge in [-0.2, -0.15) is 0 Å². The van der Waals surface area contributed by atoms with Crippen LogP contribution in [0.2, 0.25) is 0 Å². The van der Waals surface area contributed by atoms with Gasteiger partial charge >= 0.3 is 0 Å². The van der Waals surface area contributed by atoms with Crippen LogP contribution < -0.4 is 0 Å². The summed E-state index contributed by atoms with van der Waals surface area (Å²) in [4.78, 5) is 11.0. The van der Waals surface area contributed by atoms with Crippen LogP contribution in [0.5, 0.6) is 0 Å². The van der Waals surface area contributed by atoms with Crippen LogP contribution in [0.15, 0.2) is 0 Å². The highest BCUT2D eigenvalue weighted by molar-refractivity contribution is 5.97. The van der Waals surface area contributed by atoms with Crippen LogP contribution in [-0.2, 0) is 4.79 Å². The largest absolute Gasteiger partial charge is 0.285 e. The Bertz CT molecular complexity index is 276. The van der Waals surface area contributed by atoms with Gasteiger partial charge in [-0.25, -0.2) is 0 Å². The van der Waals surface area contributed by atoms with Crippen molar-refractivity contribution in [2.45, 2.75) is 34.1 Å². The lowest BCUT2D eigenvalue weighted by molar-refractivity contribution is -0.116. The fourth-order valence-corrected chi connectivity index (χ4v) is 0.537. The van der Waals surface area contributed by atoms with Crippen LogP contribution in [0, 0.1) is 35.5 Å². The summed E-state index contributed by atoms with van der Waals surface area (Å²) in [6.45, 7) is 7.86. The first-order chi connectivity index (χ1) is 6.04. The molecule has 1 heteroatoms. The van der Waals surface area contributed by atoms with Gasteiger partial charge in [0.2, 0.25) is 5.78 Å². The van der Waals surface area contributed by atoms with Gasteiger partial charge in [0, 0.05) is 12.3 Å². The number of carbonyl (C=O) groups is 1. The summed E-state index contributed by atoms with van der Waals surface area (Å²) in [6, 6.07) is 0. The van der Waals surface area contributed by atoms with Crippen LogP contribution in [0.3, 0.4) is 0 Å². The monoisotopic (exact) mass is 176 g/mol. The smallest absolute Gasteiger partial charge is 0.208 e. The number of hydrogen-bond acceptors (Lipinski definition) is 1. The van der Waals surface area contributed by atoms with Crippen molar-refractivity contribution in [2.75, 3.05) is 0 Å². The number of Topliss-reactive ketones (excluding diaryl/α,β-unsaturated/α-hetero) is 1. The van der Waals surface area contributed by atoms with Crippen LogP contribution in [0.25, 0.3) is 0 Å². The number of carbonyl (C=O) groups excluding carboxylic acids is 1. The predicted molar refractivity (Wildman–Crippen MR) is 54.9 cm³/mol. The molecule has 0 N–H and O–H groups in total. The maximum atomic E-state index is 11.0. The quantitative estimate of drug-likeness (QED) is 0.466. The lowest BCUT2D eigenvalue weighted by Crippen LogP contribution is -2.02. The lowest BCUT2D eigenvalue weighted by atomic mass is 10.1. The minimum atomic E-state index is -0.0427. The van der Waals surface area contributed by atoms with E-state index in [2.05, 4.69) is 37.5 Å². The van der Waals surface area contributed by atoms with E-state index in [0.29, 0.717) is 5.92 Å². The van der Waals surface area contributed by atoms with Gasteiger partial charge in [-0.15, -0.1) is 0 Å². The molecule has 0 aromatic carbocycles. The molecule has 0 atom stereocenters. The fraction of sp³-hybridized carbons (Fsp3) is 0.583. The second-order valence-electron chi connectivity index (χ2n) is 3.67. The van der Waals surface area contributed by atoms with Crippen molar-refractivity contribution >= 4 is 5.78 Å². The van der Waals surface area contributed by atoms with E-state index in [1.165, 1.54) is 0 Å². The van der Waals surface area contributed by atoms with E-state index in [-0.39, 0.29) is 11.7 Å². The van der Waals surface area contributed by atoms with Crippen molar-refractivity contribution in [3.63, 3.8) is 0 Å². The molecule has 0 spiro atoms. The average Bonchev–Trinajstić information content (AvgIpc) is 2.02. The van der Waals surface area contributed by atoms with E-state index < -0.39 is 0 Å². The van der Waals surface area contributed by atoms with Gasteiger partial charge in [0.05, 0.1) is 0 Å². The van der Waals surface area contributed by atoms with E-state index in [1.807, 2.05) is 13.8 Å². The standard InChI is InChI=1S/C12H16O/c1-10(2)8-6-5-7-9-12(13)11(3)4/h10-11H,8H2,1-4H3. The molecule has 0 aliphatic carbocycles. The first-order valence-corrected chi connectivity index (χ1v) is 4.56. The molecule has 0 rings (SSSR count). The van der Waals surface area contributed by atoms with Crippen molar-refractivity contribution in [1.82, 2.24) is 0 Å². The molecular weight excluding hydrogens is 160 g/mol. The molecule has 1 nitrogen and oxygen atoms in total. The Balaban J connectivity index is 3.96. The van der Waals surface area contributed by atoms with Crippen LogP contribution in [0.1, 0.15) is 34.1 Å². The molecule has 0 heterocycles. The van der Waals surface area contributed by atoms with Crippen molar-refractivity contribution < 1.29 is 4.79 Å². The first-order valence-electron chi connectivity index (χ1n) is 4.56. The molecule has 0 bridgehead atoms. The van der Waals surface area contributed by atoms with E-state index in [4.69, 9.17) is 0 Å². The average molecular weight is 176 g/mol. The van der Waals surface area contributed by atoms with Gasteiger partial charge in [0.1, 0.15) is 0 Å². The Labute approximate surface area is 80.9 Å². The molecule has 70 valence electrons. The molecule has 0 amide bonds. The highest BCUT2D eigenvalue weighted by Crippen LogP contribution is 1.95. The summed E-state index contributed by atoms with van der Waals surface area (Å²) < 4.78 is 0. The van der Waals surface area contributed by atoms with Crippen molar-refractivity contribution in [1.29, 1.82) is 0 Å². The minimum Gasteiger partial charge on any atom is -0.285 e. The van der Waals surface area contributed by atoms with Gasteiger partial charge in [0.25, 0.3) is 0 Å². The Hall–Kier alpha value is -1.21. The summed E-state index contributed by atoms with van der Waals surface area (Å²) in [5, 5.41) is 0. The molecule has 0 aliphatic heterocycles. The van der Waals surface area contributed by atoms with Gasteiger partial charge in [-0.05, 0) is 23.7 Å². The molecule has 0 unspecified atom stereocenters. The highest BCUT2D eigenvalue weighted by Gasteiger charge is 2.00. The third kappa shape index (κ3) is 7.16. The molecule has 0 fully saturated rings. The summed E-state index contributed by atoms with van der Waals surface area (Å²) >= 11 is 0. The van der Waals surface area contributed by atoms with E-state index >= 15 is 0 Å². The van der Waals surface area contributed by atoms with Crippen molar-refractivity contribution in [3.05, 3.63) is 0 Å². The van der Waals surface area contributed by atoms with Gasteiger partial charge < -0.3 is 0 Å². The molecular formula is C12H16O. The second kappa shape index (κ2) is 6.32. The molecule has 0 radical (unpaired) electrons. The van der Waals surface area contributed by atoms with Crippen molar-refractivity contribution in [3.8, 4) is 23.7 Å². The zero-order valence-electron chi connectivity index (χ0n) is 8.77. The lowest BCUT2D eigenvalue weighted by Gasteiger charge is -1.91. The molecule has 0 aliphatic rings. The van der Waals surface area contributed by atoms with Gasteiger partial charge in [-0.1, -0.05) is 33.6 Å². The number of rotatable bonds is 2. The maximum absolute atomic E-state index is 11.0. The Morgan fingerprint density at radius 2 is 1.77 bits per heavy atom.